The number of nitrogens with one attached hydrogen (secondary N) is 2. The van der Waals surface area contributed by atoms with Gasteiger partial charge in [-0.3, -0.25) is 9.59 Å². The number of amides is 1. The quantitative estimate of drug-likeness (QED) is 0.457. The van der Waals surface area contributed by atoms with Crippen LogP contribution in [0.25, 0.3) is 15.9 Å². The molecule has 3 aromatic heterocycles. The summed E-state index contributed by atoms with van der Waals surface area (Å²) in [6, 6.07) is 4.20. The Balaban J connectivity index is 1.23. The van der Waals surface area contributed by atoms with Crippen LogP contribution >= 0.6 is 23.1 Å². The first-order valence-corrected chi connectivity index (χ1v) is 11.5. The molecule has 158 valence electrons. The molecule has 0 spiro atoms. The minimum absolute atomic E-state index is 0.0413. The lowest BCUT2D eigenvalue weighted by atomic mass is 10.2. The van der Waals surface area contributed by atoms with Gasteiger partial charge >= 0.3 is 0 Å². The number of rotatable bonds is 6. The van der Waals surface area contributed by atoms with E-state index in [-0.39, 0.29) is 22.9 Å². The number of tetrazole rings is 1. The van der Waals surface area contributed by atoms with E-state index in [1.165, 1.54) is 45.8 Å². The smallest absolute Gasteiger partial charge is 0.259 e. The molecule has 0 saturated carbocycles. The summed E-state index contributed by atoms with van der Waals surface area (Å²) in [6.45, 7) is 0. The third kappa shape index (κ3) is 3.95. The number of H-pyrrole nitrogens is 1. The summed E-state index contributed by atoms with van der Waals surface area (Å²) in [5.41, 5.74) is 1.58. The first kappa shape index (κ1) is 19.8. The Morgan fingerprint density at radius 2 is 2.26 bits per heavy atom. The van der Waals surface area contributed by atoms with Crippen molar-refractivity contribution in [3.8, 4) is 5.69 Å². The van der Waals surface area contributed by atoms with E-state index in [9.17, 15) is 14.0 Å². The van der Waals surface area contributed by atoms with Crippen molar-refractivity contribution in [3.05, 3.63) is 57.0 Å². The molecule has 0 aliphatic heterocycles. The second-order valence-corrected chi connectivity index (χ2v) is 9.08. The summed E-state index contributed by atoms with van der Waals surface area (Å²) in [4.78, 5) is 34.2. The van der Waals surface area contributed by atoms with Crippen molar-refractivity contribution in [1.29, 1.82) is 0 Å². The number of aryl methyl sites for hydroxylation is 2. The van der Waals surface area contributed by atoms with Gasteiger partial charge in [-0.1, -0.05) is 0 Å². The number of carbonyl (C=O) groups is 1. The fourth-order valence-corrected chi connectivity index (χ4v) is 5.54. The molecular formula is C19H16FN7O2S2. The van der Waals surface area contributed by atoms with Gasteiger partial charge in [0.05, 0.1) is 28.3 Å². The maximum absolute atomic E-state index is 14.1. The molecule has 0 fully saturated rings. The maximum Gasteiger partial charge on any atom is 0.259 e. The number of nitrogens with zero attached hydrogens (tertiary/aromatic N) is 5. The number of halogens is 1. The van der Waals surface area contributed by atoms with Crippen molar-refractivity contribution >= 4 is 44.9 Å². The maximum atomic E-state index is 14.1. The second-order valence-electron chi connectivity index (χ2n) is 7.01. The fraction of sp³-hybridized carbons (Fsp3) is 0.263. The predicted molar refractivity (Wildman–Crippen MR) is 116 cm³/mol. The Kier molecular flexibility index (Phi) is 5.24. The lowest BCUT2D eigenvalue weighted by Crippen LogP contribution is -2.16. The Morgan fingerprint density at radius 1 is 1.35 bits per heavy atom. The Hall–Kier alpha value is -3.12. The van der Waals surface area contributed by atoms with Crippen molar-refractivity contribution in [2.24, 2.45) is 0 Å². The highest BCUT2D eigenvalue weighted by atomic mass is 32.2. The monoisotopic (exact) mass is 457 g/mol. The summed E-state index contributed by atoms with van der Waals surface area (Å²) in [5, 5.41) is 14.1. The Labute approximate surface area is 183 Å². The van der Waals surface area contributed by atoms with Gasteiger partial charge in [-0.15, -0.1) is 28.2 Å². The van der Waals surface area contributed by atoms with Crippen LogP contribution < -0.4 is 10.9 Å². The van der Waals surface area contributed by atoms with Crippen LogP contribution in [-0.4, -0.2) is 41.8 Å². The zero-order valence-corrected chi connectivity index (χ0v) is 17.7. The number of benzene rings is 1. The minimum atomic E-state index is -0.558. The van der Waals surface area contributed by atoms with Crippen LogP contribution in [0.15, 0.2) is 29.3 Å². The molecule has 1 aliphatic carbocycles. The van der Waals surface area contributed by atoms with Gasteiger partial charge in [-0.2, -0.15) is 0 Å². The summed E-state index contributed by atoms with van der Waals surface area (Å²) in [7, 11) is 0. The lowest BCUT2D eigenvalue weighted by Gasteiger charge is -2.08. The van der Waals surface area contributed by atoms with E-state index < -0.39 is 5.82 Å². The molecule has 1 amide bonds. The SMILES string of the molecule is O=C(CSCc1nc2sc3c(c2c(=O)[nH]1)CCC3)Nc1cc(-n2cnnn2)ccc1F. The number of aromatic amines is 1. The molecule has 9 nitrogen and oxygen atoms in total. The zero-order chi connectivity index (χ0) is 21.4. The van der Waals surface area contributed by atoms with Gasteiger partial charge in [0.2, 0.25) is 5.91 Å². The Morgan fingerprint density at radius 3 is 3.10 bits per heavy atom. The van der Waals surface area contributed by atoms with Crippen LogP contribution in [0.1, 0.15) is 22.7 Å². The molecule has 4 aromatic rings. The summed E-state index contributed by atoms with van der Waals surface area (Å²) in [5.74, 6) is 0.0571. The van der Waals surface area contributed by atoms with Gasteiger partial charge in [-0.05, 0) is 53.5 Å². The molecule has 0 atom stereocenters. The van der Waals surface area contributed by atoms with Crippen LogP contribution in [0, 0.1) is 5.82 Å². The zero-order valence-electron chi connectivity index (χ0n) is 16.1. The van der Waals surface area contributed by atoms with Crippen LogP contribution in [0.4, 0.5) is 10.1 Å². The van der Waals surface area contributed by atoms with E-state index in [1.54, 1.807) is 11.3 Å². The molecule has 0 bridgehead atoms. The molecule has 3 heterocycles. The number of aromatic nitrogens is 6. The average molecular weight is 458 g/mol. The van der Waals surface area contributed by atoms with Crippen molar-refractivity contribution in [2.45, 2.75) is 25.0 Å². The molecule has 1 aliphatic rings. The van der Waals surface area contributed by atoms with Gasteiger partial charge in [0, 0.05) is 4.88 Å². The van der Waals surface area contributed by atoms with Crippen LogP contribution in [0.5, 0.6) is 0 Å². The number of fused-ring (bicyclic) bond motifs is 3. The average Bonchev–Trinajstić information content (AvgIpc) is 3.46. The number of carbonyl (C=O) groups excluding carboxylic acids is 1. The summed E-state index contributed by atoms with van der Waals surface area (Å²) >= 11 is 2.87. The molecule has 31 heavy (non-hydrogen) atoms. The highest BCUT2D eigenvalue weighted by Crippen LogP contribution is 2.34. The van der Waals surface area contributed by atoms with Crippen LogP contribution in [0.3, 0.4) is 0 Å². The molecule has 2 N–H and O–H groups in total. The number of anilines is 1. The number of thioether (sulfide) groups is 1. The molecule has 1 aromatic carbocycles. The summed E-state index contributed by atoms with van der Waals surface area (Å²) < 4.78 is 15.5. The van der Waals surface area contributed by atoms with Crippen molar-refractivity contribution in [1.82, 2.24) is 30.2 Å². The fourth-order valence-electron chi connectivity index (χ4n) is 3.57. The lowest BCUT2D eigenvalue weighted by molar-refractivity contribution is -0.113. The van der Waals surface area contributed by atoms with E-state index in [1.807, 2.05) is 0 Å². The van der Waals surface area contributed by atoms with Crippen molar-refractivity contribution in [2.75, 3.05) is 11.1 Å². The normalized spacial score (nSPS) is 12.9. The standard InChI is InChI=1S/C19H16FN7O2S2/c20-12-5-4-10(27-9-21-25-26-27)6-13(12)22-16(28)8-30-7-15-23-18(29)17-11-2-1-3-14(11)31-19(17)24-15/h4-6,9H,1-3,7-8H2,(H,22,28)(H,23,24,29). The largest absolute Gasteiger partial charge is 0.323 e. The van der Waals surface area contributed by atoms with Gasteiger partial charge in [0.15, 0.2) is 0 Å². The third-order valence-electron chi connectivity index (χ3n) is 4.93. The highest BCUT2D eigenvalue weighted by Gasteiger charge is 2.21. The molecule has 0 saturated heterocycles. The van der Waals surface area contributed by atoms with Gasteiger partial charge in [-0.25, -0.2) is 14.1 Å². The van der Waals surface area contributed by atoms with E-state index >= 15 is 0 Å². The van der Waals surface area contributed by atoms with Crippen molar-refractivity contribution < 1.29 is 9.18 Å². The minimum Gasteiger partial charge on any atom is -0.323 e. The Bertz CT molecular complexity index is 1330. The number of hydrogen-bond acceptors (Lipinski definition) is 8. The number of thiophene rings is 1. The molecule has 0 unspecified atom stereocenters. The van der Waals surface area contributed by atoms with Gasteiger partial charge < -0.3 is 10.3 Å². The van der Waals surface area contributed by atoms with E-state index in [2.05, 4.69) is 30.8 Å². The number of hydrogen-bond donors (Lipinski definition) is 2. The topological polar surface area (TPSA) is 118 Å². The molecule has 12 heteroatoms. The van der Waals surface area contributed by atoms with Gasteiger partial charge in [0.1, 0.15) is 22.8 Å². The predicted octanol–water partition coefficient (Wildman–Crippen LogP) is 2.46. The van der Waals surface area contributed by atoms with Gasteiger partial charge in [0.25, 0.3) is 5.56 Å². The van der Waals surface area contributed by atoms with Crippen molar-refractivity contribution in [3.63, 3.8) is 0 Å². The van der Waals surface area contributed by atoms with Crippen LogP contribution in [0.2, 0.25) is 0 Å². The highest BCUT2D eigenvalue weighted by molar-refractivity contribution is 7.99. The van der Waals surface area contributed by atoms with E-state index in [4.69, 9.17) is 0 Å². The second kappa shape index (κ2) is 8.19. The molecule has 5 rings (SSSR count). The first-order chi connectivity index (χ1) is 15.1. The first-order valence-electron chi connectivity index (χ1n) is 9.52. The van der Waals surface area contributed by atoms with E-state index in [0.29, 0.717) is 22.7 Å². The summed E-state index contributed by atoms with van der Waals surface area (Å²) in [6.07, 6.45) is 4.40. The molecule has 0 radical (unpaired) electrons. The third-order valence-corrected chi connectivity index (χ3v) is 7.06. The molecular weight excluding hydrogens is 441 g/mol. The van der Waals surface area contributed by atoms with Crippen LogP contribution in [-0.2, 0) is 23.4 Å². The van der Waals surface area contributed by atoms with E-state index in [0.717, 1.165) is 29.7 Å².